The maximum absolute atomic E-state index is 10.6. The fourth-order valence-electron chi connectivity index (χ4n) is 0.829. The molecule has 0 aliphatic rings. The van der Waals surface area contributed by atoms with Crippen molar-refractivity contribution in [1.29, 1.82) is 0 Å². The van der Waals surface area contributed by atoms with E-state index in [9.17, 15) is 18.5 Å². The summed E-state index contributed by atoms with van der Waals surface area (Å²) in [6.45, 7) is 0. The van der Waals surface area contributed by atoms with E-state index in [1.807, 2.05) is 0 Å². The first kappa shape index (κ1) is 9.61. The highest BCUT2D eigenvalue weighted by Gasteiger charge is 2.29. The first-order chi connectivity index (χ1) is 5.84. The van der Waals surface area contributed by atoms with E-state index in [4.69, 9.17) is 4.55 Å². The molecule has 13 heavy (non-hydrogen) atoms. The Hall–Kier alpha value is -1.48. The van der Waals surface area contributed by atoms with E-state index in [1.165, 1.54) is 7.05 Å². The minimum absolute atomic E-state index is 0.822. The molecule has 0 bridgehead atoms. The number of imidazole rings is 1. The Labute approximate surface area is 72.7 Å². The molecule has 1 heterocycles. The molecule has 1 rings (SSSR count). The quantitative estimate of drug-likeness (QED) is 0.400. The Bertz CT molecular complexity index is 446. The highest BCUT2D eigenvalue weighted by molar-refractivity contribution is 7.85. The third-order valence-electron chi connectivity index (χ3n) is 1.28. The molecule has 0 saturated carbocycles. The fourth-order valence-corrected chi connectivity index (χ4v) is 1.60. The Kier molecular flexibility index (Phi) is 2.05. The summed E-state index contributed by atoms with van der Waals surface area (Å²) in [6.07, 6.45) is 0.932. The number of aryl methyl sites for hydroxylation is 1. The van der Waals surface area contributed by atoms with Gasteiger partial charge in [0.05, 0.1) is 0 Å². The highest BCUT2D eigenvalue weighted by Crippen LogP contribution is 2.19. The van der Waals surface area contributed by atoms with Crippen LogP contribution in [-0.4, -0.2) is 27.4 Å². The van der Waals surface area contributed by atoms with Crippen LogP contribution in [0.5, 0.6) is 0 Å². The molecular weight excluding hydrogens is 202 g/mol. The zero-order chi connectivity index (χ0) is 10.2. The zero-order valence-corrected chi connectivity index (χ0v) is 7.22. The molecule has 0 aliphatic heterocycles. The van der Waals surface area contributed by atoms with Gasteiger partial charge in [0.1, 0.15) is 0 Å². The van der Waals surface area contributed by atoms with E-state index < -0.39 is 25.9 Å². The van der Waals surface area contributed by atoms with E-state index in [0.717, 1.165) is 10.9 Å². The van der Waals surface area contributed by atoms with Crippen LogP contribution in [0, 0.1) is 10.1 Å². The molecule has 9 heteroatoms. The van der Waals surface area contributed by atoms with Gasteiger partial charge in [-0.2, -0.15) is 8.42 Å². The van der Waals surface area contributed by atoms with Gasteiger partial charge in [-0.3, -0.25) is 9.12 Å². The lowest BCUT2D eigenvalue weighted by Gasteiger charge is -1.95. The monoisotopic (exact) mass is 207 g/mol. The SMILES string of the molecule is Cn1cnc([N+](=O)[O-])c1S(=O)(=O)O. The average molecular weight is 207 g/mol. The second kappa shape index (κ2) is 2.78. The smallest absolute Gasteiger partial charge is 0.358 e. The van der Waals surface area contributed by atoms with Crippen LogP contribution in [0.15, 0.2) is 11.4 Å². The summed E-state index contributed by atoms with van der Waals surface area (Å²) < 4.78 is 30.7. The van der Waals surface area contributed by atoms with Gasteiger partial charge in [-0.05, 0) is 9.91 Å². The van der Waals surface area contributed by atoms with Gasteiger partial charge in [-0.1, -0.05) is 0 Å². The van der Waals surface area contributed by atoms with Gasteiger partial charge >= 0.3 is 15.9 Å². The van der Waals surface area contributed by atoms with E-state index in [0.29, 0.717) is 0 Å². The van der Waals surface area contributed by atoms with Crippen LogP contribution in [0.3, 0.4) is 0 Å². The first-order valence-corrected chi connectivity index (χ1v) is 4.41. The molecule has 0 aromatic carbocycles. The molecule has 0 saturated heterocycles. The van der Waals surface area contributed by atoms with E-state index in [2.05, 4.69) is 4.98 Å². The number of aromatic nitrogens is 2. The minimum Gasteiger partial charge on any atom is -0.358 e. The van der Waals surface area contributed by atoms with Crippen LogP contribution in [0.2, 0.25) is 0 Å². The van der Waals surface area contributed by atoms with Crippen LogP contribution in [0.4, 0.5) is 5.82 Å². The predicted molar refractivity (Wildman–Crippen MR) is 39.7 cm³/mol. The molecule has 0 amide bonds. The molecule has 0 atom stereocenters. The van der Waals surface area contributed by atoms with Crippen molar-refractivity contribution in [2.75, 3.05) is 0 Å². The van der Waals surface area contributed by atoms with Crippen LogP contribution >= 0.6 is 0 Å². The second-order valence-electron chi connectivity index (χ2n) is 2.22. The van der Waals surface area contributed by atoms with Crippen molar-refractivity contribution in [3.63, 3.8) is 0 Å². The van der Waals surface area contributed by atoms with Gasteiger partial charge in [0.15, 0.2) is 0 Å². The fraction of sp³-hybridized carbons (Fsp3) is 0.250. The van der Waals surface area contributed by atoms with Gasteiger partial charge in [0.25, 0.3) is 5.03 Å². The van der Waals surface area contributed by atoms with Crippen molar-refractivity contribution in [2.45, 2.75) is 5.03 Å². The molecule has 72 valence electrons. The first-order valence-electron chi connectivity index (χ1n) is 2.97. The average Bonchev–Trinajstić information content (AvgIpc) is 2.28. The van der Waals surface area contributed by atoms with E-state index in [-0.39, 0.29) is 0 Å². The summed E-state index contributed by atoms with van der Waals surface area (Å²) in [4.78, 5) is 12.5. The third kappa shape index (κ3) is 1.65. The van der Waals surface area contributed by atoms with Gasteiger partial charge < -0.3 is 10.1 Å². The van der Waals surface area contributed by atoms with Crippen LogP contribution in [0.25, 0.3) is 0 Å². The molecule has 1 N–H and O–H groups in total. The van der Waals surface area contributed by atoms with Gasteiger partial charge in [0, 0.05) is 7.05 Å². The van der Waals surface area contributed by atoms with Gasteiger partial charge in [-0.15, -0.1) is 0 Å². The number of hydrogen-bond acceptors (Lipinski definition) is 5. The summed E-state index contributed by atoms with van der Waals surface area (Å²) in [6, 6.07) is 0. The third-order valence-corrected chi connectivity index (χ3v) is 2.24. The lowest BCUT2D eigenvalue weighted by molar-refractivity contribution is -0.392. The molecule has 1 aromatic heterocycles. The summed E-state index contributed by atoms with van der Waals surface area (Å²) >= 11 is 0. The van der Waals surface area contributed by atoms with Crippen LogP contribution in [-0.2, 0) is 17.2 Å². The standard InChI is InChI=1S/C4H5N3O5S/c1-6-2-5-3(7(8)9)4(6)13(10,11)12/h2H,1H3,(H,10,11,12). The maximum Gasteiger partial charge on any atom is 0.403 e. The molecule has 0 spiro atoms. The van der Waals surface area contributed by atoms with Crippen molar-refractivity contribution < 1.29 is 17.9 Å². The summed E-state index contributed by atoms with van der Waals surface area (Å²) in [7, 11) is -3.38. The largest absolute Gasteiger partial charge is 0.403 e. The molecule has 0 unspecified atom stereocenters. The van der Waals surface area contributed by atoms with Crippen molar-refractivity contribution in [1.82, 2.24) is 9.55 Å². The number of nitro groups is 1. The van der Waals surface area contributed by atoms with Crippen LogP contribution in [0.1, 0.15) is 0 Å². The zero-order valence-electron chi connectivity index (χ0n) is 6.41. The molecule has 0 aliphatic carbocycles. The topological polar surface area (TPSA) is 115 Å². The number of nitrogens with zero attached hydrogens (tertiary/aromatic N) is 3. The van der Waals surface area contributed by atoms with Crippen LogP contribution < -0.4 is 0 Å². The van der Waals surface area contributed by atoms with Crippen molar-refractivity contribution in [3.05, 3.63) is 16.4 Å². The molecule has 0 fully saturated rings. The van der Waals surface area contributed by atoms with Gasteiger partial charge in [-0.25, -0.2) is 0 Å². The minimum atomic E-state index is -4.61. The molecule has 0 radical (unpaired) electrons. The number of rotatable bonds is 2. The van der Waals surface area contributed by atoms with E-state index >= 15 is 0 Å². The van der Waals surface area contributed by atoms with Crippen molar-refractivity contribution in [2.24, 2.45) is 7.05 Å². The number of hydrogen-bond donors (Lipinski definition) is 1. The summed E-state index contributed by atoms with van der Waals surface area (Å²) in [5.74, 6) is -0.884. The lowest BCUT2D eigenvalue weighted by atomic mass is 10.8. The van der Waals surface area contributed by atoms with Gasteiger partial charge in [0.2, 0.25) is 6.33 Å². The predicted octanol–water partition coefficient (Wildman–Crippen LogP) is -0.425. The Balaban J connectivity index is 3.51. The van der Waals surface area contributed by atoms with E-state index in [1.54, 1.807) is 0 Å². The second-order valence-corrected chi connectivity index (χ2v) is 3.55. The molecule has 1 aromatic rings. The molecular formula is C4H5N3O5S. The van der Waals surface area contributed by atoms with Crippen molar-refractivity contribution >= 4 is 15.9 Å². The lowest BCUT2D eigenvalue weighted by Crippen LogP contribution is -2.07. The van der Waals surface area contributed by atoms with Crippen molar-refractivity contribution in [3.8, 4) is 0 Å². The Morgan fingerprint density at radius 1 is 1.69 bits per heavy atom. The Morgan fingerprint density at radius 2 is 2.23 bits per heavy atom. The maximum atomic E-state index is 10.6. The summed E-state index contributed by atoms with van der Waals surface area (Å²) in [5.41, 5.74) is 0. The molecule has 8 nitrogen and oxygen atoms in total. The normalized spacial score (nSPS) is 11.5. The summed E-state index contributed by atoms with van der Waals surface area (Å²) in [5, 5.41) is 9.41. The highest BCUT2D eigenvalue weighted by atomic mass is 32.2. The Morgan fingerprint density at radius 3 is 2.54 bits per heavy atom.